The maximum Gasteiger partial charge on any atom is 0.230 e. The van der Waals surface area contributed by atoms with E-state index in [4.69, 9.17) is 11.6 Å². The molecule has 0 amide bonds. The van der Waals surface area contributed by atoms with Crippen molar-refractivity contribution in [1.82, 2.24) is 19.5 Å². The molecular formula is C19H23ClN4OS. The van der Waals surface area contributed by atoms with Crippen molar-refractivity contribution in [2.24, 2.45) is 5.92 Å². The molecule has 3 heterocycles. The summed E-state index contributed by atoms with van der Waals surface area (Å²) < 4.78 is 1.56. The van der Waals surface area contributed by atoms with Gasteiger partial charge in [-0.3, -0.25) is 4.90 Å². The number of likely N-dealkylation sites (tertiary alicyclic amines) is 1. The first-order valence-corrected chi connectivity index (χ1v) is 10.3. The highest BCUT2D eigenvalue weighted by Crippen LogP contribution is 2.43. The monoisotopic (exact) mass is 390 g/mol. The summed E-state index contributed by atoms with van der Waals surface area (Å²) in [5.41, 5.74) is 1.03. The molecule has 1 unspecified atom stereocenters. The van der Waals surface area contributed by atoms with Gasteiger partial charge < -0.3 is 5.11 Å². The minimum Gasteiger partial charge on any atom is -0.492 e. The minimum atomic E-state index is -0.0743. The van der Waals surface area contributed by atoms with Crippen molar-refractivity contribution in [2.75, 3.05) is 13.1 Å². The van der Waals surface area contributed by atoms with Gasteiger partial charge in [0.05, 0.1) is 10.9 Å². The zero-order chi connectivity index (χ0) is 18.3. The van der Waals surface area contributed by atoms with Gasteiger partial charge in [0.2, 0.25) is 10.8 Å². The van der Waals surface area contributed by atoms with Crippen LogP contribution in [-0.4, -0.2) is 37.7 Å². The molecule has 1 atom stereocenters. The largest absolute Gasteiger partial charge is 0.492 e. The van der Waals surface area contributed by atoms with Crippen molar-refractivity contribution in [3.8, 4) is 5.88 Å². The Labute approximate surface area is 162 Å². The van der Waals surface area contributed by atoms with Crippen molar-refractivity contribution in [2.45, 2.75) is 39.2 Å². The molecule has 1 saturated heterocycles. The molecular weight excluding hydrogens is 368 g/mol. The molecule has 0 radical (unpaired) electrons. The van der Waals surface area contributed by atoms with Crippen LogP contribution in [0.4, 0.5) is 0 Å². The quantitative estimate of drug-likeness (QED) is 0.710. The van der Waals surface area contributed by atoms with Crippen LogP contribution in [0.25, 0.3) is 4.96 Å². The smallest absolute Gasteiger partial charge is 0.230 e. The van der Waals surface area contributed by atoms with Gasteiger partial charge in [0.15, 0.2) is 5.82 Å². The number of nitrogens with zero attached hydrogens (tertiary/aromatic N) is 4. The van der Waals surface area contributed by atoms with Gasteiger partial charge in [-0.15, -0.1) is 5.10 Å². The van der Waals surface area contributed by atoms with E-state index in [1.54, 1.807) is 4.52 Å². The Bertz CT molecular complexity index is 914. The predicted octanol–water partition coefficient (Wildman–Crippen LogP) is 4.53. The van der Waals surface area contributed by atoms with E-state index in [2.05, 4.69) is 28.0 Å². The summed E-state index contributed by atoms with van der Waals surface area (Å²) in [4.78, 5) is 8.55. The molecule has 138 valence electrons. The second kappa shape index (κ2) is 7.18. The molecule has 7 heteroatoms. The van der Waals surface area contributed by atoms with Crippen molar-refractivity contribution in [3.05, 3.63) is 45.6 Å². The van der Waals surface area contributed by atoms with Crippen LogP contribution in [0.3, 0.4) is 0 Å². The van der Waals surface area contributed by atoms with E-state index >= 15 is 0 Å². The lowest BCUT2D eigenvalue weighted by Crippen LogP contribution is -2.36. The minimum absolute atomic E-state index is 0.0743. The summed E-state index contributed by atoms with van der Waals surface area (Å²) >= 11 is 8.05. The highest BCUT2D eigenvalue weighted by molar-refractivity contribution is 7.17. The molecule has 0 aliphatic carbocycles. The van der Waals surface area contributed by atoms with Crippen LogP contribution >= 0.6 is 22.9 Å². The van der Waals surface area contributed by atoms with E-state index in [1.165, 1.54) is 11.3 Å². The van der Waals surface area contributed by atoms with Crippen LogP contribution in [-0.2, 0) is 6.42 Å². The van der Waals surface area contributed by atoms with Gasteiger partial charge >= 0.3 is 0 Å². The molecule has 0 spiro atoms. The van der Waals surface area contributed by atoms with E-state index in [-0.39, 0.29) is 11.9 Å². The highest BCUT2D eigenvalue weighted by atomic mass is 35.5. The Morgan fingerprint density at radius 2 is 2.04 bits per heavy atom. The van der Waals surface area contributed by atoms with Gasteiger partial charge in [0.1, 0.15) is 0 Å². The SMILES string of the molecule is CCc1nc2sc(C(c3ccccc3Cl)N3CCC(C)CC3)c(O)n2n1. The van der Waals surface area contributed by atoms with Gasteiger partial charge in [-0.2, -0.15) is 4.52 Å². The van der Waals surface area contributed by atoms with E-state index in [1.807, 2.05) is 25.1 Å². The molecule has 1 fully saturated rings. The molecule has 1 aliphatic rings. The third-order valence-electron chi connectivity index (χ3n) is 5.19. The number of piperidine rings is 1. The number of fused-ring (bicyclic) bond motifs is 1. The molecule has 26 heavy (non-hydrogen) atoms. The second-order valence-corrected chi connectivity index (χ2v) is 8.42. The fourth-order valence-electron chi connectivity index (χ4n) is 3.61. The van der Waals surface area contributed by atoms with Gasteiger partial charge in [-0.05, 0) is 43.5 Å². The molecule has 1 N–H and O–H groups in total. The maximum atomic E-state index is 10.9. The van der Waals surface area contributed by atoms with E-state index in [0.717, 1.165) is 64.5 Å². The maximum absolute atomic E-state index is 10.9. The molecule has 3 aromatic rings. The number of thiazole rings is 1. The lowest BCUT2D eigenvalue weighted by Gasteiger charge is -2.36. The average molecular weight is 391 g/mol. The summed E-state index contributed by atoms with van der Waals surface area (Å²) in [5.74, 6) is 1.67. The zero-order valence-electron chi connectivity index (χ0n) is 15.0. The molecule has 4 rings (SSSR count). The van der Waals surface area contributed by atoms with Crippen LogP contribution in [0, 0.1) is 5.92 Å². The summed E-state index contributed by atoms with van der Waals surface area (Å²) in [6, 6.07) is 7.84. The van der Waals surface area contributed by atoms with Gasteiger partial charge in [-0.1, -0.05) is 55.0 Å². The van der Waals surface area contributed by atoms with Crippen LogP contribution in [0.2, 0.25) is 5.02 Å². The molecule has 0 bridgehead atoms. The Morgan fingerprint density at radius 3 is 2.69 bits per heavy atom. The number of halogens is 1. The number of hydrogen-bond donors (Lipinski definition) is 1. The van der Waals surface area contributed by atoms with Crippen LogP contribution in [0.5, 0.6) is 5.88 Å². The summed E-state index contributed by atoms with van der Waals surface area (Å²) in [7, 11) is 0. The first-order valence-electron chi connectivity index (χ1n) is 9.14. The molecule has 5 nitrogen and oxygen atoms in total. The lowest BCUT2D eigenvalue weighted by molar-refractivity contribution is 0.157. The Morgan fingerprint density at radius 1 is 1.31 bits per heavy atom. The number of aromatic hydroxyl groups is 1. The van der Waals surface area contributed by atoms with Crippen molar-refractivity contribution in [1.29, 1.82) is 0 Å². The molecule has 0 saturated carbocycles. The van der Waals surface area contributed by atoms with Gasteiger partial charge in [-0.25, -0.2) is 4.98 Å². The highest BCUT2D eigenvalue weighted by Gasteiger charge is 2.32. The standard InChI is InChI=1S/C19H23ClN4OS/c1-3-15-21-19-24(22-15)18(25)17(26-19)16(13-6-4-5-7-14(13)20)23-10-8-12(2)9-11-23/h4-7,12,16,25H,3,8-11H2,1-2H3. The second-order valence-electron chi connectivity index (χ2n) is 7.01. The number of rotatable bonds is 4. The Hall–Kier alpha value is -1.63. The van der Waals surface area contributed by atoms with E-state index in [0.29, 0.717) is 0 Å². The molecule has 1 aromatic carbocycles. The van der Waals surface area contributed by atoms with Crippen molar-refractivity contribution in [3.63, 3.8) is 0 Å². The fourth-order valence-corrected chi connectivity index (χ4v) is 4.97. The van der Waals surface area contributed by atoms with E-state index in [9.17, 15) is 5.11 Å². The van der Waals surface area contributed by atoms with Gasteiger partial charge in [0.25, 0.3) is 0 Å². The fraction of sp³-hybridized carbons (Fsp3) is 0.474. The molecule has 2 aromatic heterocycles. The number of benzene rings is 1. The first-order chi connectivity index (χ1) is 12.6. The third kappa shape index (κ3) is 3.10. The van der Waals surface area contributed by atoms with Crippen LogP contribution in [0.15, 0.2) is 24.3 Å². The van der Waals surface area contributed by atoms with Crippen molar-refractivity contribution >= 4 is 27.9 Å². The summed E-state index contributed by atoms with van der Waals surface area (Å²) in [6.45, 7) is 6.29. The zero-order valence-corrected chi connectivity index (χ0v) is 16.6. The summed E-state index contributed by atoms with van der Waals surface area (Å²) in [6.07, 6.45) is 3.06. The number of hydrogen-bond acceptors (Lipinski definition) is 5. The van der Waals surface area contributed by atoms with Crippen molar-refractivity contribution < 1.29 is 5.11 Å². The summed E-state index contributed by atoms with van der Waals surface area (Å²) in [5, 5.41) is 16.1. The lowest BCUT2D eigenvalue weighted by atomic mass is 9.95. The number of aromatic nitrogens is 3. The Kier molecular flexibility index (Phi) is 4.90. The molecule has 1 aliphatic heterocycles. The number of aryl methyl sites for hydroxylation is 1. The predicted molar refractivity (Wildman–Crippen MR) is 105 cm³/mol. The first kappa shape index (κ1) is 17.8. The van der Waals surface area contributed by atoms with Crippen LogP contribution < -0.4 is 0 Å². The van der Waals surface area contributed by atoms with Crippen LogP contribution in [0.1, 0.15) is 49.0 Å². The average Bonchev–Trinajstić information content (AvgIpc) is 3.18. The van der Waals surface area contributed by atoms with E-state index < -0.39 is 0 Å². The topological polar surface area (TPSA) is 53.7 Å². The third-order valence-corrected chi connectivity index (χ3v) is 6.61. The van der Waals surface area contributed by atoms with Gasteiger partial charge in [0, 0.05) is 11.4 Å². The Balaban J connectivity index is 1.81. The normalized spacial score (nSPS) is 17.8.